The highest BCUT2D eigenvalue weighted by Crippen LogP contribution is 2.48. The summed E-state index contributed by atoms with van der Waals surface area (Å²) in [4.78, 5) is 0. The molecule has 1 fully saturated rings. The van der Waals surface area contributed by atoms with E-state index in [1.54, 1.807) is 0 Å². The average molecular weight is 251 g/mol. The first-order valence-electron chi connectivity index (χ1n) is 7.65. The molecule has 2 nitrogen and oxygen atoms in total. The Bertz CT molecular complexity index is 282. The number of rotatable bonds is 6. The summed E-state index contributed by atoms with van der Waals surface area (Å²) in [5.74, 6) is 0.762. The van der Waals surface area contributed by atoms with E-state index in [9.17, 15) is 10.4 Å². The summed E-state index contributed by atoms with van der Waals surface area (Å²) in [6.45, 7) is 6.28. The van der Waals surface area contributed by atoms with Crippen molar-refractivity contribution in [3.63, 3.8) is 0 Å². The summed E-state index contributed by atoms with van der Waals surface area (Å²) in [6, 6.07) is 2.48. The van der Waals surface area contributed by atoms with Gasteiger partial charge in [0.1, 0.15) is 0 Å². The predicted molar refractivity (Wildman–Crippen MR) is 75.1 cm³/mol. The molecule has 0 aromatic rings. The second-order valence-electron chi connectivity index (χ2n) is 6.28. The Morgan fingerprint density at radius 3 is 2.33 bits per heavy atom. The highest BCUT2D eigenvalue weighted by molar-refractivity contribution is 5.11. The monoisotopic (exact) mass is 251 g/mol. The third-order valence-corrected chi connectivity index (χ3v) is 5.05. The van der Waals surface area contributed by atoms with Crippen LogP contribution in [0.25, 0.3) is 0 Å². The standard InChI is InChI=1S/C16H29NO/c1-4-6-7-10-15(3,18)16(13-17)11-8-14(5-2)9-12-16/h14,18H,4-12H2,1-3H3. The van der Waals surface area contributed by atoms with Gasteiger partial charge in [-0.1, -0.05) is 39.5 Å². The van der Waals surface area contributed by atoms with Gasteiger partial charge in [-0.15, -0.1) is 0 Å². The fraction of sp³-hybridized carbons (Fsp3) is 0.938. The summed E-state index contributed by atoms with van der Waals surface area (Å²) in [6.07, 6.45) is 9.28. The van der Waals surface area contributed by atoms with Crippen molar-refractivity contribution in [1.29, 1.82) is 5.26 Å². The molecule has 1 aliphatic carbocycles. The molecule has 0 aromatic carbocycles. The lowest BCUT2D eigenvalue weighted by molar-refractivity contribution is -0.0710. The molecule has 1 N–H and O–H groups in total. The molecule has 104 valence electrons. The van der Waals surface area contributed by atoms with E-state index in [0.29, 0.717) is 0 Å². The quantitative estimate of drug-likeness (QED) is 0.710. The van der Waals surface area contributed by atoms with Crippen LogP contribution < -0.4 is 0 Å². The number of hydrogen-bond acceptors (Lipinski definition) is 2. The van der Waals surface area contributed by atoms with Crippen molar-refractivity contribution in [2.24, 2.45) is 11.3 Å². The molecule has 0 aliphatic heterocycles. The van der Waals surface area contributed by atoms with Crippen LogP contribution in [-0.2, 0) is 0 Å². The zero-order chi connectivity index (χ0) is 13.6. The minimum Gasteiger partial charge on any atom is -0.389 e. The highest BCUT2D eigenvalue weighted by Gasteiger charge is 2.48. The van der Waals surface area contributed by atoms with E-state index in [4.69, 9.17) is 0 Å². The normalized spacial score (nSPS) is 31.6. The molecule has 1 saturated carbocycles. The topological polar surface area (TPSA) is 44.0 Å². The Kier molecular flexibility index (Phi) is 5.66. The van der Waals surface area contributed by atoms with Gasteiger partial charge in [-0.25, -0.2) is 0 Å². The van der Waals surface area contributed by atoms with E-state index < -0.39 is 11.0 Å². The van der Waals surface area contributed by atoms with Crippen LogP contribution in [0.15, 0.2) is 0 Å². The van der Waals surface area contributed by atoms with Crippen molar-refractivity contribution in [1.82, 2.24) is 0 Å². The second kappa shape index (κ2) is 6.57. The lowest BCUT2D eigenvalue weighted by atomic mass is 9.61. The van der Waals surface area contributed by atoms with Crippen LogP contribution in [0.4, 0.5) is 0 Å². The van der Waals surface area contributed by atoms with Gasteiger partial charge in [-0.05, 0) is 44.9 Å². The van der Waals surface area contributed by atoms with Gasteiger partial charge in [0.25, 0.3) is 0 Å². The summed E-state index contributed by atoms with van der Waals surface area (Å²) in [5.41, 5.74) is -1.30. The van der Waals surface area contributed by atoms with Gasteiger partial charge in [0, 0.05) is 0 Å². The summed E-state index contributed by atoms with van der Waals surface area (Å²) in [5, 5.41) is 20.3. The summed E-state index contributed by atoms with van der Waals surface area (Å²) in [7, 11) is 0. The van der Waals surface area contributed by atoms with Gasteiger partial charge in [0.05, 0.1) is 17.1 Å². The number of nitriles is 1. The zero-order valence-electron chi connectivity index (χ0n) is 12.3. The number of nitrogens with zero attached hydrogens (tertiary/aromatic N) is 1. The minimum absolute atomic E-state index is 0.494. The zero-order valence-corrected chi connectivity index (χ0v) is 12.3. The van der Waals surface area contributed by atoms with Crippen LogP contribution in [0, 0.1) is 22.7 Å². The van der Waals surface area contributed by atoms with Crippen molar-refractivity contribution in [3.05, 3.63) is 0 Å². The van der Waals surface area contributed by atoms with Crippen LogP contribution in [0.2, 0.25) is 0 Å². The lowest BCUT2D eigenvalue weighted by Crippen LogP contribution is -2.47. The summed E-state index contributed by atoms with van der Waals surface area (Å²) < 4.78 is 0. The van der Waals surface area contributed by atoms with E-state index >= 15 is 0 Å². The highest BCUT2D eigenvalue weighted by atomic mass is 16.3. The largest absolute Gasteiger partial charge is 0.389 e. The molecule has 0 bridgehead atoms. The Morgan fingerprint density at radius 2 is 1.89 bits per heavy atom. The number of hydrogen-bond donors (Lipinski definition) is 1. The van der Waals surface area contributed by atoms with Gasteiger partial charge in [0.2, 0.25) is 0 Å². The molecule has 18 heavy (non-hydrogen) atoms. The maximum absolute atomic E-state index is 10.8. The maximum atomic E-state index is 10.8. The molecule has 0 heterocycles. The molecular formula is C16H29NO. The van der Waals surface area contributed by atoms with E-state index in [0.717, 1.165) is 57.3 Å². The van der Waals surface area contributed by atoms with E-state index in [1.807, 2.05) is 6.92 Å². The molecule has 2 heteroatoms. The van der Waals surface area contributed by atoms with E-state index in [1.165, 1.54) is 6.42 Å². The average Bonchev–Trinajstić information content (AvgIpc) is 2.38. The Morgan fingerprint density at radius 1 is 1.28 bits per heavy atom. The fourth-order valence-corrected chi connectivity index (χ4v) is 3.31. The number of unbranched alkanes of at least 4 members (excludes halogenated alkanes) is 2. The third-order valence-electron chi connectivity index (χ3n) is 5.05. The van der Waals surface area contributed by atoms with Crippen molar-refractivity contribution in [3.8, 4) is 6.07 Å². The number of aliphatic hydroxyl groups is 1. The first kappa shape index (κ1) is 15.5. The lowest BCUT2D eigenvalue weighted by Gasteiger charge is -2.44. The SMILES string of the molecule is CCCCCC(C)(O)C1(C#N)CCC(CC)CC1. The van der Waals surface area contributed by atoms with Gasteiger partial charge in [-0.3, -0.25) is 0 Å². The van der Waals surface area contributed by atoms with E-state index in [2.05, 4.69) is 19.9 Å². The molecule has 0 saturated heterocycles. The van der Waals surface area contributed by atoms with Crippen molar-refractivity contribution in [2.75, 3.05) is 0 Å². The second-order valence-corrected chi connectivity index (χ2v) is 6.28. The first-order chi connectivity index (χ1) is 8.51. The molecule has 1 aliphatic rings. The third kappa shape index (κ3) is 3.26. The smallest absolute Gasteiger partial charge is 0.0857 e. The molecule has 0 aromatic heterocycles. The molecule has 1 atom stereocenters. The summed E-state index contributed by atoms with van der Waals surface area (Å²) >= 11 is 0. The predicted octanol–water partition coefficient (Wildman–Crippen LogP) is 4.43. The van der Waals surface area contributed by atoms with Gasteiger partial charge in [0.15, 0.2) is 0 Å². The van der Waals surface area contributed by atoms with E-state index in [-0.39, 0.29) is 0 Å². The van der Waals surface area contributed by atoms with Crippen LogP contribution in [0.1, 0.15) is 78.6 Å². The van der Waals surface area contributed by atoms with Gasteiger partial charge >= 0.3 is 0 Å². The fourth-order valence-electron chi connectivity index (χ4n) is 3.31. The molecule has 1 rings (SSSR count). The first-order valence-corrected chi connectivity index (χ1v) is 7.65. The van der Waals surface area contributed by atoms with Crippen LogP contribution in [-0.4, -0.2) is 10.7 Å². The maximum Gasteiger partial charge on any atom is 0.0857 e. The van der Waals surface area contributed by atoms with Crippen molar-refractivity contribution >= 4 is 0 Å². The van der Waals surface area contributed by atoms with Crippen LogP contribution >= 0.6 is 0 Å². The van der Waals surface area contributed by atoms with Crippen molar-refractivity contribution in [2.45, 2.75) is 84.2 Å². The van der Waals surface area contributed by atoms with Gasteiger partial charge < -0.3 is 5.11 Å². The van der Waals surface area contributed by atoms with Crippen LogP contribution in [0.3, 0.4) is 0 Å². The van der Waals surface area contributed by atoms with Crippen LogP contribution in [0.5, 0.6) is 0 Å². The Labute approximate surface area is 112 Å². The molecule has 1 unspecified atom stereocenters. The molecule has 0 radical (unpaired) electrons. The Hall–Kier alpha value is -0.550. The minimum atomic E-state index is -0.810. The van der Waals surface area contributed by atoms with Crippen molar-refractivity contribution < 1.29 is 5.11 Å². The van der Waals surface area contributed by atoms with Gasteiger partial charge in [-0.2, -0.15) is 5.26 Å². The molecule has 0 spiro atoms. The molecule has 0 amide bonds. The molecular weight excluding hydrogens is 222 g/mol. The Balaban J connectivity index is 2.67.